The van der Waals surface area contributed by atoms with E-state index in [1.54, 1.807) is 0 Å². The fourth-order valence-corrected chi connectivity index (χ4v) is 2.47. The third-order valence-electron chi connectivity index (χ3n) is 3.93. The van der Waals surface area contributed by atoms with E-state index in [2.05, 4.69) is 33.5 Å². The molecule has 0 saturated carbocycles. The van der Waals surface area contributed by atoms with Crippen molar-refractivity contribution in [3.05, 3.63) is 60.2 Å². The molecule has 2 aromatic carbocycles. The van der Waals surface area contributed by atoms with E-state index in [0.717, 1.165) is 36.1 Å². The minimum atomic E-state index is 0.549. The first-order valence-electron chi connectivity index (χ1n) is 9.74. The molecule has 0 unspecified atom stereocenters. The molecule has 28 heavy (non-hydrogen) atoms. The lowest BCUT2D eigenvalue weighted by Gasteiger charge is -2.14. The molecule has 6 heteroatoms. The van der Waals surface area contributed by atoms with Crippen LogP contribution in [0.4, 0.5) is 0 Å². The molecule has 0 aromatic heterocycles. The molecule has 2 N–H and O–H groups in total. The average Bonchev–Trinajstić information content (AvgIpc) is 2.70. The minimum Gasteiger partial charge on any atom is -0.492 e. The fourth-order valence-electron chi connectivity index (χ4n) is 2.47. The van der Waals surface area contributed by atoms with Gasteiger partial charge >= 0.3 is 0 Å². The highest BCUT2D eigenvalue weighted by atomic mass is 16.5. The van der Waals surface area contributed by atoms with Crippen LogP contribution in [-0.4, -0.2) is 57.8 Å². The summed E-state index contributed by atoms with van der Waals surface area (Å²) in [5.41, 5.74) is 1.07. The van der Waals surface area contributed by atoms with Crippen molar-refractivity contribution in [3.63, 3.8) is 0 Å². The summed E-state index contributed by atoms with van der Waals surface area (Å²) in [5, 5.41) is 6.57. The zero-order valence-electron chi connectivity index (χ0n) is 17.1. The summed E-state index contributed by atoms with van der Waals surface area (Å²) in [6.45, 7) is 6.17. The molecule has 2 rings (SSSR count). The average molecular weight is 385 g/mol. The molecule has 0 atom stereocenters. The van der Waals surface area contributed by atoms with Crippen molar-refractivity contribution >= 4 is 5.96 Å². The Morgan fingerprint density at radius 2 is 1.68 bits per heavy atom. The molecular formula is C22H32N4O2. The standard InChI is InChI=1S/C22H32N4O2/c1-4-23-22(24-14-16-27-20-11-6-5-7-12-20)25-18-19-10-8-9-13-21(19)28-17-15-26(2)3/h5-13H,4,14-18H2,1-3H3,(H2,23,24,25). The fraction of sp³-hybridized carbons (Fsp3) is 0.409. The van der Waals surface area contributed by atoms with E-state index < -0.39 is 0 Å². The van der Waals surface area contributed by atoms with Crippen molar-refractivity contribution in [2.24, 2.45) is 4.99 Å². The van der Waals surface area contributed by atoms with E-state index in [9.17, 15) is 0 Å². The van der Waals surface area contributed by atoms with Gasteiger partial charge < -0.3 is 25.0 Å². The zero-order chi connectivity index (χ0) is 20.0. The number of aliphatic imine (C=N–C) groups is 1. The van der Waals surface area contributed by atoms with Crippen molar-refractivity contribution in [1.82, 2.24) is 15.5 Å². The van der Waals surface area contributed by atoms with E-state index in [0.29, 0.717) is 26.3 Å². The van der Waals surface area contributed by atoms with Crippen LogP contribution in [0, 0.1) is 0 Å². The Bertz CT molecular complexity index is 705. The smallest absolute Gasteiger partial charge is 0.191 e. The Morgan fingerprint density at radius 3 is 2.43 bits per heavy atom. The quantitative estimate of drug-likeness (QED) is 0.354. The van der Waals surface area contributed by atoms with Gasteiger partial charge in [0.25, 0.3) is 0 Å². The number of para-hydroxylation sites is 2. The van der Waals surface area contributed by atoms with Gasteiger partial charge in [-0.15, -0.1) is 0 Å². The number of hydrogen-bond donors (Lipinski definition) is 2. The molecule has 0 amide bonds. The van der Waals surface area contributed by atoms with Crippen LogP contribution in [0.25, 0.3) is 0 Å². The maximum Gasteiger partial charge on any atom is 0.191 e. The maximum absolute atomic E-state index is 5.92. The Balaban J connectivity index is 1.85. The van der Waals surface area contributed by atoms with Crippen molar-refractivity contribution in [2.45, 2.75) is 13.5 Å². The number of nitrogens with zero attached hydrogens (tertiary/aromatic N) is 2. The SMILES string of the molecule is CCNC(=NCc1ccccc1OCCN(C)C)NCCOc1ccccc1. The van der Waals surface area contributed by atoms with Crippen LogP contribution < -0.4 is 20.1 Å². The van der Waals surface area contributed by atoms with Crippen molar-refractivity contribution in [2.75, 3.05) is 46.9 Å². The summed E-state index contributed by atoms with van der Waals surface area (Å²) >= 11 is 0. The van der Waals surface area contributed by atoms with Gasteiger partial charge in [-0.1, -0.05) is 36.4 Å². The van der Waals surface area contributed by atoms with E-state index in [-0.39, 0.29) is 0 Å². The van der Waals surface area contributed by atoms with E-state index in [4.69, 9.17) is 9.47 Å². The number of ether oxygens (including phenoxy) is 2. The lowest BCUT2D eigenvalue weighted by atomic mass is 10.2. The number of likely N-dealkylation sites (N-methyl/N-ethyl adjacent to an activating group) is 1. The number of rotatable bonds is 11. The van der Waals surface area contributed by atoms with Crippen LogP contribution in [-0.2, 0) is 6.54 Å². The van der Waals surface area contributed by atoms with Crippen molar-refractivity contribution < 1.29 is 9.47 Å². The molecule has 0 aliphatic carbocycles. The molecule has 0 aliphatic rings. The summed E-state index contributed by atoms with van der Waals surface area (Å²) in [6, 6.07) is 17.9. The molecule has 0 radical (unpaired) electrons. The molecule has 0 spiro atoms. The maximum atomic E-state index is 5.92. The molecule has 6 nitrogen and oxygen atoms in total. The van der Waals surface area contributed by atoms with Crippen LogP contribution in [0.5, 0.6) is 11.5 Å². The Labute approximate surface area is 168 Å². The van der Waals surface area contributed by atoms with E-state index >= 15 is 0 Å². The summed E-state index contributed by atoms with van der Waals surface area (Å²) in [6.07, 6.45) is 0. The molecule has 0 heterocycles. The first-order chi connectivity index (χ1) is 13.7. The first-order valence-corrected chi connectivity index (χ1v) is 9.74. The topological polar surface area (TPSA) is 58.1 Å². The lowest BCUT2D eigenvalue weighted by molar-refractivity contribution is 0.259. The third kappa shape index (κ3) is 8.31. The predicted molar refractivity (Wildman–Crippen MR) is 115 cm³/mol. The molecule has 0 aliphatic heterocycles. The summed E-state index contributed by atoms with van der Waals surface area (Å²) in [7, 11) is 4.07. The lowest BCUT2D eigenvalue weighted by Crippen LogP contribution is -2.39. The third-order valence-corrected chi connectivity index (χ3v) is 3.93. The van der Waals surface area contributed by atoms with Gasteiger partial charge in [-0.05, 0) is 39.2 Å². The largest absolute Gasteiger partial charge is 0.492 e. The van der Waals surface area contributed by atoms with Gasteiger partial charge in [0.2, 0.25) is 0 Å². The van der Waals surface area contributed by atoms with Crippen LogP contribution in [0.3, 0.4) is 0 Å². The van der Waals surface area contributed by atoms with Gasteiger partial charge in [-0.2, -0.15) is 0 Å². The van der Waals surface area contributed by atoms with E-state index in [1.807, 2.05) is 62.6 Å². The summed E-state index contributed by atoms with van der Waals surface area (Å²) in [5.74, 6) is 2.52. The van der Waals surface area contributed by atoms with Gasteiger partial charge in [0.1, 0.15) is 24.7 Å². The Morgan fingerprint density at radius 1 is 0.929 bits per heavy atom. The second-order valence-electron chi connectivity index (χ2n) is 6.54. The number of nitrogens with one attached hydrogen (secondary N) is 2. The van der Waals surface area contributed by atoms with Gasteiger partial charge in [0, 0.05) is 18.7 Å². The highest BCUT2D eigenvalue weighted by molar-refractivity contribution is 5.79. The summed E-state index contributed by atoms with van der Waals surface area (Å²) in [4.78, 5) is 6.78. The molecule has 0 bridgehead atoms. The Kier molecular flexibility index (Phi) is 9.72. The number of guanidine groups is 1. The van der Waals surface area contributed by atoms with E-state index in [1.165, 1.54) is 0 Å². The van der Waals surface area contributed by atoms with Crippen molar-refractivity contribution in [1.29, 1.82) is 0 Å². The highest BCUT2D eigenvalue weighted by Crippen LogP contribution is 2.18. The molecule has 0 saturated heterocycles. The normalized spacial score (nSPS) is 11.4. The molecule has 0 fully saturated rings. The van der Waals surface area contributed by atoms with Crippen LogP contribution in [0.2, 0.25) is 0 Å². The van der Waals surface area contributed by atoms with Gasteiger partial charge in [-0.25, -0.2) is 4.99 Å². The molecular weight excluding hydrogens is 352 g/mol. The van der Waals surface area contributed by atoms with Crippen LogP contribution in [0.15, 0.2) is 59.6 Å². The monoisotopic (exact) mass is 384 g/mol. The molecule has 152 valence electrons. The van der Waals surface area contributed by atoms with Crippen molar-refractivity contribution in [3.8, 4) is 11.5 Å². The van der Waals surface area contributed by atoms with Gasteiger partial charge in [-0.3, -0.25) is 0 Å². The second kappa shape index (κ2) is 12.6. The minimum absolute atomic E-state index is 0.549. The highest BCUT2D eigenvalue weighted by Gasteiger charge is 2.04. The number of hydrogen-bond acceptors (Lipinski definition) is 4. The number of benzene rings is 2. The van der Waals surface area contributed by atoms with Gasteiger partial charge in [0.15, 0.2) is 5.96 Å². The predicted octanol–water partition coefficient (Wildman–Crippen LogP) is 2.76. The van der Waals surface area contributed by atoms with Crippen LogP contribution >= 0.6 is 0 Å². The first kappa shape index (κ1) is 21.6. The Hall–Kier alpha value is -2.73. The zero-order valence-corrected chi connectivity index (χ0v) is 17.1. The molecule has 2 aromatic rings. The summed E-state index contributed by atoms with van der Waals surface area (Å²) < 4.78 is 11.6. The second-order valence-corrected chi connectivity index (χ2v) is 6.54. The van der Waals surface area contributed by atoms with Crippen LogP contribution in [0.1, 0.15) is 12.5 Å². The van der Waals surface area contributed by atoms with Gasteiger partial charge in [0.05, 0.1) is 13.1 Å².